The van der Waals surface area contributed by atoms with Crippen LogP contribution in [-0.4, -0.2) is 36.3 Å². The average Bonchev–Trinajstić information content (AvgIpc) is 2.80. The summed E-state index contributed by atoms with van der Waals surface area (Å²) in [5, 5.41) is 3.28. The molecule has 7 nitrogen and oxygen atoms in total. The summed E-state index contributed by atoms with van der Waals surface area (Å²) in [5.41, 5.74) is 3.24. The van der Waals surface area contributed by atoms with Crippen LogP contribution in [0.15, 0.2) is 70.4 Å². The van der Waals surface area contributed by atoms with Crippen molar-refractivity contribution in [1.82, 2.24) is 8.87 Å². The molecule has 1 fully saturated rings. The maximum Gasteiger partial charge on any atom is 0.250 e. The van der Waals surface area contributed by atoms with Gasteiger partial charge in [0.15, 0.2) is 0 Å². The van der Waals surface area contributed by atoms with E-state index in [0.717, 1.165) is 23.2 Å². The molecule has 1 aromatic heterocycles. The van der Waals surface area contributed by atoms with Gasteiger partial charge in [-0.15, -0.1) is 0 Å². The topological polar surface area (TPSA) is 88.5 Å². The van der Waals surface area contributed by atoms with E-state index in [1.54, 1.807) is 18.2 Å². The summed E-state index contributed by atoms with van der Waals surface area (Å²) in [6.07, 6.45) is 0.831. The largest absolute Gasteiger partial charge is 0.326 e. The third kappa shape index (κ3) is 4.17. The van der Waals surface area contributed by atoms with Crippen LogP contribution in [-0.2, 0) is 21.4 Å². The molecule has 2 aliphatic rings. The Morgan fingerprint density at radius 3 is 2.35 bits per heavy atom. The molecule has 3 aromatic rings. The highest BCUT2D eigenvalue weighted by Crippen LogP contribution is 2.41. The van der Waals surface area contributed by atoms with Crippen molar-refractivity contribution in [3.05, 3.63) is 81.7 Å². The van der Waals surface area contributed by atoms with E-state index in [1.807, 2.05) is 34.9 Å². The monoisotopic (exact) mass is 497 g/mol. The number of fused-ring (bicyclic) bond motifs is 4. The molecule has 2 unspecified atom stereocenters. The Bertz CT molecular complexity index is 1420. The number of hydrogen-bond acceptors (Lipinski definition) is 4. The molecule has 5 rings (SSSR count). The molecule has 2 aromatic carbocycles. The maximum absolute atomic E-state index is 13.5. The predicted molar refractivity (Wildman–Crippen MR) is 132 cm³/mol. The fourth-order valence-electron chi connectivity index (χ4n) is 5.10. The normalized spacial score (nSPS) is 19.9. The van der Waals surface area contributed by atoms with Gasteiger partial charge in [0.1, 0.15) is 0 Å². The summed E-state index contributed by atoms with van der Waals surface area (Å²) in [5.74, 6) is -0.261. The maximum atomic E-state index is 13.5. The molecule has 0 radical (unpaired) electrons. The number of piperidine rings is 1. The van der Waals surface area contributed by atoms with E-state index in [9.17, 15) is 18.0 Å². The van der Waals surface area contributed by atoms with Crippen LogP contribution in [0.1, 0.15) is 25.0 Å². The van der Waals surface area contributed by atoms with Gasteiger partial charge in [-0.05, 0) is 60.4 Å². The number of halogens is 1. The number of nitrogens with one attached hydrogen (secondary N) is 1. The van der Waals surface area contributed by atoms with E-state index in [1.165, 1.54) is 23.4 Å². The Balaban J connectivity index is 1.49. The average molecular weight is 498 g/mol. The van der Waals surface area contributed by atoms with Crippen LogP contribution in [0.4, 0.5) is 5.69 Å². The van der Waals surface area contributed by atoms with E-state index in [-0.39, 0.29) is 28.2 Å². The molecule has 0 aliphatic carbocycles. The summed E-state index contributed by atoms with van der Waals surface area (Å²) in [6.45, 7) is 2.55. The van der Waals surface area contributed by atoms with Crippen molar-refractivity contribution in [2.24, 2.45) is 5.92 Å². The van der Waals surface area contributed by atoms with Crippen molar-refractivity contribution < 1.29 is 13.2 Å². The van der Waals surface area contributed by atoms with Crippen molar-refractivity contribution in [3.63, 3.8) is 0 Å². The summed E-state index contributed by atoms with van der Waals surface area (Å²) < 4.78 is 30.3. The lowest BCUT2D eigenvalue weighted by Gasteiger charge is -2.42. The van der Waals surface area contributed by atoms with Gasteiger partial charge in [-0.2, -0.15) is 4.31 Å². The van der Waals surface area contributed by atoms with E-state index in [0.29, 0.717) is 30.3 Å². The predicted octanol–water partition coefficient (Wildman–Crippen LogP) is 3.94. The molecule has 1 saturated heterocycles. The number of sulfonamides is 1. The lowest BCUT2D eigenvalue weighted by atomic mass is 9.81. The Labute approximate surface area is 203 Å². The van der Waals surface area contributed by atoms with Crippen LogP contribution in [0, 0.1) is 5.92 Å². The first-order valence-corrected chi connectivity index (χ1v) is 12.9. The van der Waals surface area contributed by atoms with Gasteiger partial charge < -0.3 is 9.88 Å². The van der Waals surface area contributed by atoms with Gasteiger partial charge in [-0.1, -0.05) is 23.7 Å². The molecular weight excluding hydrogens is 474 g/mol. The number of aromatic nitrogens is 1. The van der Waals surface area contributed by atoms with Gasteiger partial charge in [-0.25, -0.2) is 8.42 Å². The molecule has 2 bridgehead atoms. The molecule has 2 atom stereocenters. The molecule has 0 spiro atoms. The van der Waals surface area contributed by atoms with Crippen molar-refractivity contribution >= 4 is 33.2 Å². The number of rotatable bonds is 4. The van der Waals surface area contributed by atoms with Gasteiger partial charge in [0.05, 0.1) is 4.90 Å². The summed E-state index contributed by atoms with van der Waals surface area (Å²) in [6, 6.07) is 17.1. The molecule has 9 heteroatoms. The second-order valence-corrected chi connectivity index (χ2v) is 11.3. The highest BCUT2D eigenvalue weighted by molar-refractivity contribution is 7.89. The standard InChI is InChI=1S/C25H24ClN3O4S/c1-16(30)27-21-6-8-22(9-7-21)34(32,33)28-13-17-12-19(15-28)25-23(10-11-24(31)29(25)14-17)18-2-4-20(26)5-3-18/h2-11,17,19H,12-15H2,1H3,(H,27,30). The van der Waals surface area contributed by atoms with E-state index in [4.69, 9.17) is 11.6 Å². The fourth-order valence-corrected chi connectivity index (χ4v) is 6.79. The van der Waals surface area contributed by atoms with E-state index < -0.39 is 10.0 Å². The van der Waals surface area contributed by atoms with E-state index in [2.05, 4.69) is 5.32 Å². The summed E-state index contributed by atoms with van der Waals surface area (Å²) in [4.78, 5) is 24.2. The number of nitrogens with zero attached hydrogens (tertiary/aromatic N) is 2. The zero-order valence-corrected chi connectivity index (χ0v) is 20.1. The van der Waals surface area contributed by atoms with Crippen LogP contribution in [0.5, 0.6) is 0 Å². The highest BCUT2D eigenvalue weighted by Gasteiger charge is 2.40. The van der Waals surface area contributed by atoms with Crippen LogP contribution in [0.25, 0.3) is 11.1 Å². The molecule has 1 amide bonds. The molecule has 176 valence electrons. The lowest BCUT2D eigenvalue weighted by Crippen LogP contribution is -2.49. The SMILES string of the molecule is CC(=O)Nc1ccc(S(=O)(=O)N2CC3CC(C2)c2c(-c4ccc(Cl)cc4)ccc(=O)n2C3)cc1. The molecular formula is C25H24ClN3O4S. The molecule has 1 N–H and O–H groups in total. The van der Waals surface area contributed by atoms with Gasteiger partial charge in [0.2, 0.25) is 15.9 Å². The number of hydrogen-bond donors (Lipinski definition) is 1. The molecule has 0 saturated carbocycles. The Morgan fingerprint density at radius 2 is 1.68 bits per heavy atom. The zero-order chi connectivity index (χ0) is 24.0. The molecule has 2 aliphatic heterocycles. The highest BCUT2D eigenvalue weighted by atomic mass is 35.5. The number of pyridine rings is 1. The van der Waals surface area contributed by atoms with Crippen molar-refractivity contribution in [2.45, 2.75) is 30.7 Å². The van der Waals surface area contributed by atoms with Gasteiger partial charge >= 0.3 is 0 Å². The Kier molecular flexibility index (Phi) is 5.83. The van der Waals surface area contributed by atoms with Crippen LogP contribution >= 0.6 is 11.6 Å². The summed E-state index contributed by atoms with van der Waals surface area (Å²) >= 11 is 6.06. The van der Waals surface area contributed by atoms with Crippen LogP contribution < -0.4 is 10.9 Å². The minimum atomic E-state index is -3.73. The smallest absolute Gasteiger partial charge is 0.250 e. The number of carbonyl (C=O) groups is 1. The number of anilines is 1. The second-order valence-electron chi connectivity index (χ2n) is 8.91. The lowest BCUT2D eigenvalue weighted by molar-refractivity contribution is -0.114. The van der Waals surface area contributed by atoms with Gasteiger partial charge in [0.25, 0.3) is 5.56 Å². The number of carbonyl (C=O) groups excluding carboxylic acids is 1. The zero-order valence-electron chi connectivity index (χ0n) is 18.6. The minimum Gasteiger partial charge on any atom is -0.326 e. The minimum absolute atomic E-state index is 0.0536. The molecule has 34 heavy (non-hydrogen) atoms. The fraction of sp³-hybridized carbons (Fsp3) is 0.280. The van der Waals surface area contributed by atoms with Gasteiger partial charge in [-0.3, -0.25) is 9.59 Å². The second kappa shape index (κ2) is 8.69. The third-order valence-electron chi connectivity index (χ3n) is 6.52. The van der Waals surface area contributed by atoms with Crippen LogP contribution in [0.2, 0.25) is 5.02 Å². The van der Waals surface area contributed by atoms with Gasteiger partial charge in [0, 0.05) is 60.5 Å². The first-order valence-electron chi connectivity index (χ1n) is 11.1. The Morgan fingerprint density at radius 1 is 0.971 bits per heavy atom. The first-order chi connectivity index (χ1) is 16.2. The summed E-state index contributed by atoms with van der Waals surface area (Å²) in [7, 11) is -3.73. The quantitative estimate of drug-likeness (QED) is 0.591. The van der Waals surface area contributed by atoms with Crippen LogP contribution in [0.3, 0.4) is 0 Å². The van der Waals surface area contributed by atoms with Crippen molar-refractivity contribution in [1.29, 1.82) is 0 Å². The van der Waals surface area contributed by atoms with Crippen molar-refractivity contribution in [2.75, 3.05) is 18.4 Å². The number of benzene rings is 2. The Hall–Kier alpha value is -2.94. The third-order valence-corrected chi connectivity index (χ3v) is 8.62. The van der Waals surface area contributed by atoms with Crippen molar-refractivity contribution in [3.8, 4) is 11.1 Å². The van der Waals surface area contributed by atoms with E-state index >= 15 is 0 Å². The number of amides is 1. The first kappa shape index (κ1) is 22.8. The molecule has 3 heterocycles.